The van der Waals surface area contributed by atoms with Crippen molar-refractivity contribution in [1.82, 2.24) is 15.1 Å². The van der Waals surface area contributed by atoms with Gasteiger partial charge in [-0.25, -0.2) is 0 Å². The number of halogens is 4. The lowest BCUT2D eigenvalue weighted by molar-refractivity contribution is -0.165. The minimum Gasteiger partial charge on any atom is -0.469 e. The number of ether oxygens (including phenoxy) is 1. The van der Waals surface area contributed by atoms with E-state index >= 15 is 0 Å². The molecule has 6 nitrogen and oxygen atoms in total. The molecule has 3 rings (SSSR count). The first-order valence-corrected chi connectivity index (χ1v) is 8.34. The fraction of sp³-hybridized carbons (Fsp3) is 0.438. The predicted molar refractivity (Wildman–Crippen MR) is 91.8 cm³/mol. The summed E-state index contributed by atoms with van der Waals surface area (Å²) in [5, 5.41) is 7.03. The second-order valence-electron chi connectivity index (χ2n) is 6.36. The van der Waals surface area contributed by atoms with Gasteiger partial charge in [-0.05, 0) is 17.5 Å². The van der Waals surface area contributed by atoms with Crippen LogP contribution in [0.5, 0.6) is 0 Å². The van der Waals surface area contributed by atoms with Gasteiger partial charge < -0.3 is 9.64 Å². The molecule has 0 fully saturated rings. The Morgan fingerprint density at radius 1 is 1.52 bits per heavy atom. The highest BCUT2D eigenvalue weighted by atomic mass is 35.5. The standard InChI is InChI=1S/C16H14BClF3N3O3/c1-27-11(25)4-8-2-7-3-10(17)13-12(14(18)23-22-13)9(7)5-24(15(8)26)6-16(19,20)21/h3,8H,2,4-6H2,1H3,(H,22,23)/t8-/m0/s1. The van der Waals surface area contributed by atoms with E-state index in [0.29, 0.717) is 26.9 Å². The van der Waals surface area contributed by atoms with Gasteiger partial charge in [0.1, 0.15) is 19.5 Å². The molecule has 11 heteroatoms. The van der Waals surface area contributed by atoms with Crippen molar-refractivity contribution in [2.45, 2.75) is 25.6 Å². The maximum absolute atomic E-state index is 13.0. The number of benzene rings is 1. The van der Waals surface area contributed by atoms with Gasteiger partial charge in [-0.15, -0.1) is 0 Å². The highest BCUT2D eigenvalue weighted by molar-refractivity contribution is 6.41. The van der Waals surface area contributed by atoms with Crippen molar-refractivity contribution in [1.29, 1.82) is 0 Å². The first kappa shape index (κ1) is 19.5. The molecule has 2 radical (unpaired) electrons. The molecule has 1 aliphatic rings. The molecular formula is C16H14BClF3N3O3. The summed E-state index contributed by atoms with van der Waals surface area (Å²) in [4.78, 5) is 25.1. The summed E-state index contributed by atoms with van der Waals surface area (Å²) in [6, 6.07) is 1.56. The Labute approximate surface area is 158 Å². The number of nitrogens with zero attached hydrogens (tertiary/aromatic N) is 2. The third-order valence-corrected chi connectivity index (χ3v) is 4.78. The van der Waals surface area contributed by atoms with E-state index in [1.54, 1.807) is 6.07 Å². The highest BCUT2D eigenvalue weighted by Crippen LogP contribution is 2.33. The number of alkyl halides is 3. The van der Waals surface area contributed by atoms with E-state index in [1.165, 1.54) is 0 Å². The largest absolute Gasteiger partial charge is 0.469 e. The first-order valence-electron chi connectivity index (χ1n) is 7.97. The number of esters is 1. The Balaban J connectivity index is 2.13. The lowest BCUT2D eigenvalue weighted by Gasteiger charge is -2.25. The van der Waals surface area contributed by atoms with Crippen LogP contribution in [0.4, 0.5) is 13.2 Å². The molecule has 1 amide bonds. The van der Waals surface area contributed by atoms with Crippen LogP contribution in [0.25, 0.3) is 10.9 Å². The van der Waals surface area contributed by atoms with Crippen molar-refractivity contribution in [2.75, 3.05) is 13.7 Å². The van der Waals surface area contributed by atoms with Crippen LogP contribution in [-0.2, 0) is 27.3 Å². The van der Waals surface area contributed by atoms with Crippen LogP contribution in [0.1, 0.15) is 17.5 Å². The summed E-state index contributed by atoms with van der Waals surface area (Å²) in [5.41, 5.74) is 1.59. The van der Waals surface area contributed by atoms with Crippen LogP contribution in [0, 0.1) is 5.92 Å². The Morgan fingerprint density at radius 2 is 2.22 bits per heavy atom. The number of aromatic amines is 1. The zero-order valence-corrected chi connectivity index (χ0v) is 14.9. The van der Waals surface area contributed by atoms with Crippen molar-refractivity contribution in [3.8, 4) is 0 Å². The van der Waals surface area contributed by atoms with E-state index in [4.69, 9.17) is 19.4 Å². The molecule has 142 valence electrons. The number of nitrogens with one attached hydrogen (secondary N) is 1. The molecular weight excluding hydrogens is 385 g/mol. The minimum absolute atomic E-state index is 0.0409. The highest BCUT2D eigenvalue weighted by Gasteiger charge is 2.39. The molecule has 1 aromatic heterocycles. The number of hydrogen-bond donors (Lipinski definition) is 1. The van der Waals surface area contributed by atoms with Gasteiger partial charge in [0.25, 0.3) is 0 Å². The van der Waals surface area contributed by atoms with Gasteiger partial charge in [-0.2, -0.15) is 18.3 Å². The fourth-order valence-corrected chi connectivity index (χ4v) is 3.59. The van der Waals surface area contributed by atoms with E-state index in [1.807, 2.05) is 0 Å². The van der Waals surface area contributed by atoms with E-state index in [9.17, 15) is 22.8 Å². The Hall–Kier alpha value is -2.23. The molecule has 1 atom stereocenters. The molecule has 0 spiro atoms. The third kappa shape index (κ3) is 3.90. The molecule has 0 aliphatic carbocycles. The van der Waals surface area contributed by atoms with Crippen molar-refractivity contribution in [2.24, 2.45) is 5.92 Å². The van der Waals surface area contributed by atoms with Crippen LogP contribution in [0.3, 0.4) is 0 Å². The topological polar surface area (TPSA) is 75.3 Å². The summed E-state index contributed by atoms with van der Waals surface area (Å²) in [6.45, 7) is -1.76. The van der Waals surface area contributed by atoms with Crippen LogP contribution in [0.15, 0.2) is 6.07 Å². The minimum atomic E-state index is -4.59. The molecule has 1 aromatic carbocycles. The monoisotopic (exact) mass is 399 g/mol. The lowest BCUT2D eigenvalue weighted by atomic mass is 9.85. The predicted octanol–water partition coefficient (Wildman–Crippen LogP) is 1.64. The number of hydrogen-bond acceptors (Lipinski definition) is 4. The fourth-order valence-electron chi connectivity index (χ4n) is 3.35. The number of fused-ring (bicyclic) bond motifs is 3. The van der Waals surface area contributed by atoms with Crippen molar-refractivity contribution in [3.63, 3.8) is 0 Å². The maximum atomic E-state index is 13.0. The van der Waals surface area contributed by atoms with Gasteiger partial charge in [0.15, 0.2) is 0 Å². The van der Waals surface area contributed by atoms with Crippen molar-refractivity contribution >= 4 is 47.7 Å². The summed E-state index contributed by atoms with van der Waals surface area (Å²) in [6.07, 6.45) is -4.89. The number of amides is 1. The average molecular weight is 400 g/mol. The third-order valence-electron chi connectivity index (χ3n) is 4.50. The summed E-state index contributed by atoms with van der Waals surface area (Å²) in [5.74, 6) is -2.46. The number of aromatic nitrogens is 2. The zero-order valence-electron chi connectivity index (χ0n) is 14.2. The Bertz CT molecular complexity index is 916. The summed E-state index contributed by atoms with van der Waals surface area (Å²) in [7, 11) is 7.13. The van der Waals surface area contributed by atoms with Crippen LogP contribution in [0.2, 0.25) is 5.15 Å². The molecule has 2 aromatic rings. The zero-order chi connectivity index (χ0) is 19.9. The van der Waals surface area contributed by atoms with E-state index < -0.39 is 30.5 Å². The number of methoxy groups -OCH3 is 1. The van der Waals surface area contributed by atoms with Gasteiger partial charge in [0.05, 0.1) is 25.0 Å². The molecule has 1 N–H and O–H groups in total. The van der Waals surface area contributed by atoms with Crippen molar-refractivity contribution in [3.05, 3.63) is 22.3 Å². The second kappa shape index (κ2) is 7.07. The molecule has 0 unspecified atom stereocenters. The van der Waals surface area contributed by atoms with Gasteiger partial charge in [0, 0.05) is 11.9 Å². The average Bonchev–Trinajstić information content (AvgIpc) is 2.92. The summed E-state index contributed by atoms with van der Waals surface area (Å²) < 4.78 is 43.6. The van der Waals surface area contributed by atoms with Gasteiger partial charge >= 0.3 is 12.1 Å². The van der Waals surface area contributed by atoms with Gasteiger partial charge in [-0.1, -0.05) is 23.1 Å². The van der Waals surface area contributed by atoms with Crippen LogP contribution in [-0.4, -0.2) is 54.7 Å². The number of carbonyl (C=O) groups is 2. The SMILES string of the molecule is [B]c1cc2c(c3c(Cl)[nH]nc13)CN(CC(F)(F)F)C(=O)[C@H](CC(=O)OC)C2. The Morgan fingerprint density at radius 3 is 2.85 bits per heavy atom. The first-order chi connectivity index (χ1) is 12.6. The number of H-pyrrole nitrogens is 1. The summed E-state index contributed by atoms with van der Waals surface area (Å²) >= 11 is 6.12. The smallest absolute Gasteiger partial charge is 0.406 e. The molecule has 0 saturated heterocycles. The molecule has 0 bridgehead atoms. The second-order valence-corrected chi connectivity index (χ2v) is 6.73. The quantitative estimate of drug-likeness (QED) is 0.629. The van der Waals surface area contributed by atoms with Gasteiger partial charge in [0.2, 0.25) is 5.91 Å². The van der Waals surface area contributed by atoms with Crippen LogP contribution >= 0.6 is 11.6 Å². The molecule has 27 heavy (non-hydrogen) atoms. The number of carbonyl (C=O) groups excluding carboxylic acids is 2. The van der Waals surface area contributed by atoms with Crippen LogP contribution < -0.4 is 5.46 Å². The maximum Gasteiger partial charge on any atom is 0.406 e. The van der Waals surface area contributed by atoms with E-state index in [0.717, 1.165) is 7.11 Å². The molecule has 1 aliphatic heterocycles. The molecule has 0 saturated carbocycles. The number of rotatable bonds is 3. The van der Waals surface area contributed by atoms with E-state index in [-0.39, 0.29) is 30.0 Å². The van der Waals surface area contributed by atoms with E-state index in [2.05, 4.69) is 14.9 Å². The van der Waals surface area contributed by atoms with Gasteiger partial charge in [-0.3, -0.25) is 14.7 Å². The lowest BCUT2D eigenvalue weighted by Crippen LogP contribution is -2.41. The molecule has 2 heterocycles. The Kier molecular flexibility index (Phi) is 5.11. The normalized spacial score (nSPS) is 17.7. The van der Waals surface area contributed by atoms with Crippen molar-refractivity contribution < 1.29 is 27.5 Å².